The van der Waals surface area contributed by atoms with Crippen molar-refractivity contribution < 1.29 is 17.9 Å². The molecule has 4 rings (SSSR count). The van der Waals surface area contributed by atoms with Gasteiger partial charge in [-0.05, 0) is 18.2 Å². The molecule has 1 aromatic carbocycles. The highest BCUT2D eigenvalue weighted by atomic mass is 19.1. The van der Waals surface area contributed by atoms with Gasteiger partial charge in [-0.3, -0.25) is 4.90 Å². The van der Waals surface area contributed by atoms with E-state index in [0.717, 1.165) is 29.6 Å². The Balaban J connectivity index is 1.52. The van der Waals surface area contributed by atoms with Gasteiger partial charge in [-0.1, -0.05) is 0 Å². The van der Waals surface area contributed by atoms with Gasteiger partial charge in [0.15, 0.2) is 0 Å². The predicted octanol–water partition coefficient (Wildman–Crippen LogP) is 1.74. The Morgan fingerprint density at radius 3 is 2.52 bits per heavy atom. The van der Waals surface area contributed by atoms with Gasteiger partial charge in [0.25, 0.3) is 0 Å². The van der Waals surface area contributed by atoms with Gasteiger partial charge in [0, 0.05) is 18.7 Å². The van der Waals surface area contributed by atoms with E-state index in [-0.39, 0.29) is 12.2 Å². The highest BCUT2D eigenvalue weighted by molar-refractivity contribution is 5.24. The van der Waals surface area contributed by atoms with Crippen molar-refractivity contribution >= 4 is 0 Å². The van der Waals surface area contributed by atoms with Gasteiger partial charge in [-0.2, -0.15) is 0 Å². The molecule has 1 aromatic heterocycles. The second-order valence-electron chi connectivity index (χ2n) is 6.12. The maximum absolute atomic E-state index is 14.8. The number of nitrogens with two attached hydrogens (primary N) is 1. The van der Waals surface area contributed by atoms with Crippen molar-refractivity contribution in [2.75, 3.05) is 6.61 Å². The standard InChI is InChI=1S/C15H17F3N4O/c16-7-1-2-9(17)8(3-7)15-14(19)13(18)12(6-23-15)22-4-10-11(5-22)21-20-10/h1-3,12-15,20-21H,4-6,19H2/t12-,13?,14-,15+/m0/s1. The van der Waals surface area contributed by atoms with Gasteiger partial charge in [-0.15, -0.1) is 0 Å². The first-order valence-electron chi connectivity index (χ1n) is 7.49. The number of hydrogen-bond donors (Lipinski definition) is 3. The fourth-order valence-electron chi connectivity index (χ4n) is 3.37. The molecule has 23 heavy (non-hydrogen) atoms. The predicted molar refractivity (Wildman–Crippen MR) is 76.1 cm³/mol. The first-order chi connectivity index (χ1) is 11.0. The normalized spacial score (nSPS) is 31.5. The van der Waals surface area contributed by atoms with E-state index in [9.17, 15) is 13.2 Å². The molecule has 5 nitrogen and oxygen atoms in total. The van der Waals surface area contributed by atoms with E-state index in [1.165, 1.54) is 0 Å². The third-order valence-corrected chi connectivity index (χ3v) is 4.72. The summed E-state index contributed by atoms with van der Waals surface area (Å²) in [5, 5.41) is 5.91. The minimum Gasteiger partial charge on any atom is -0.370 e. The Labute approximate surface area is 130 Å². The number of rotatable bonds is 2. The third kappa shape index (κ3) is 2.37. The van der Waals surface area contributed by atoms with E-state index < -0.39 is 36.0 Å². The van der Waals surface area contributed by atoms with E-state index in [0.29, 0.717) is 13.1 Å². The molecule has 4 atom stereocenters. The third-order valence-electron chi connectivity index (χ3n) is 4.72. The number of nitrogens with zero attached hydrogens (tertiary/aromatic N) is 1. The molecule has 124 valence electrons. The SMILES string of the molecule is N[C@H]1C(F)[C@@H](N2Cc3[nH][nH]c3C2)CO[C@@H]1c1cc(F)ccc1F. The molecular formula is C15H17F3N4O. The van der Waals surface area contributed by atoms with Crippen LogP contribution in [0.4, 0.5) is 13.2 Å². The molecule has 3 heterocycles. The molecule has 8 heteroatoms. The van der Waals surface area contributed by atoms with E-state index in [1.54, 1.807) is 0 Å². The second-order valence-corrected chi connectivity index (χ2v) is 6.12. The van der Waals surface area contributed by atoms with Gasteiger partial charge in [0.05, 0.1) is 30.1 Å². The molecule has 1 fully saturated rings. The fourth-order valence-corrected chi connectivity index (χ4v) is 3.37. The van der Waals surface area contributed by atoms with Crippen molar-refractivity contribution in [2.24, 2.45) is 5.73 Å². The molecule has 0 aliphatic carbocycles. The molecular weight excluding hydrogens is 309 g/mol. The maximum Gasteiger partial charge on any atom is 0.136 e. The molecule has 1 unspecified atom stereocenters. The number of ether oxygens (including phenoxy) is 1. The highest BCUT2D eigenvalue weighted by Gasteiger charge is 2.44. The van der Waals surface area contributed by atoms with Gasteiger partial charge in [0.1, 0.15) is 23.9 Å². The minimum absolute atomic E-state index is 0.0350. The Hall–Kier alpha value is -1.77. The number of fused-ring (bicyclic) bond motifs is 1. The summed E-state index contributed by atoms with van der Waals surface area (Å²) in [6.07, 6.45) is -2.39. The molecule has 4 N–H and O–H groups in total. The van der Waals surface area contributed by atoms with Crippen molar-refractivity contribution in [3.05, 3.63) is 46.8 Å². The van der Waals surface area contributed by atoms with Gasteiger partial charge >= 0.3 is 0 Å². The monoisotopic (exact) mass is 326 g/mol. The quantitative estimate of drug-likeness (QED) is 0.787. The van der Waals surface area contributed by atoms with Crippen molar-refractivity contribution in [3.8, 4) is 0 Å². The second kappa shape index (κ2) is 5.40. The highest BCUT2D eigenvalue weighted by Crippen LogP contribution is 2.35. The van der Waals surface area contributed by atoms with Crippen LogP contribution in [0, 0.1) is 11.6 Å². The molecule has 0 radical (unpaired) electrons. The minimum atomic E-state index is -1.39. The largest absolute Gasteiger partial charge is 0.370 e. The van der Waals surface area contributed by atoms with Gasteiger partial charge < -0.3 is 20.7 Å². The number of halogens is 3. The summed E-state index contributed by atoms with van der Waals surface area (Å²) in [6.45, 7) is 1.28. The van der Waals surface area contributed by atoms with E-state index >= 15 is 0 Å². The van der Waals surface area contributed by atoms with Crippen molar-refractivity contribution in [1.82, 2.24) is 15.1 Å². The fraction of sp³-hybridized carbons (Fsp3) is 0.467. The molecule has 0 saturated carbocycles. The lowest BCUT2D eigenvalue weighted by Gasteiger charge is -2.41. The molecule has 2 aliphatic rings. The van der Waals surface area contributed by atoms with E-state index in [4.69, 9.17) is 10.5 Å². The molecule has 2 aromatic rings. The number of nitrogens with one attached hydrogen (secondary N) is 2. The molecule has 0 amide bonds. The van der Waals surface area contributed by atoms with Crippen molar-refractivity contribution in [2.45, 2.75) is 37.4 Å². The van der Waals surface area contributed by atoms with Gasteiger partial charge in [-0.25, -0.2) is 13.2 Å². The number of H-pyrrole nitrogens is 2. The van der Waals surface area contributed by atoms with Crippen LogP contribution in [-0.2, 0) is 17.8 Å². The van der Waals surface area contributed by atoms with Gasteiger partial charge in [0.2, 0.25) is 0 Å². The Morgan fingerprint density at radius 2 is 1.87 bits per heavy atom. The lowest BCUT2D eigenvalue weighted by Crippen LogP contribution is -2.56. The van der Waals surface area contributed by atoms with Crippen LogP contribution >= 0.6 is 0 Å². The molecule has 2 aliphatic heterocycles. The summed E-state index contributed by atoms with van der Waals surface area (Å²) >= 11 is 0. The lowest BCUT2D eigenvalue weighted by atomic mass is 9.91. The zero-order valence-corrected chi connectivity index (χ0v) is 12.2. The first kappa shape index (κ1) is 14.8. The molecule has 0 spiro atoms. The summed E-state index contributed by atoms with van der Waals surface area (Å²) in [7, 11) is 0. The first-order valence-corrected chi connectivity index (χ1v) is 7.49. The van der Waals surface area contributed by atoms with Crippen molar-refractivity contribution in [1.29, 1.82) is 0 Å². The van der Waals surface area contributed by atoms with Crippen LogP contribution in [-0.4, -0.2) is 40.0 Å². The zero-order chi connectivity index (χ0) is 16.1. The number of aromatic amines is 2. The van der Waals surface area contributed by atoms with Crippen LogP contribution in [0.3, 0.4) is 0 Å². The van der Waals surface area contributed by atoms with Crippen LogP contribution in [0.15, 0.2) is 18.2 Å². The number of benzene rings is 1. The average Bonchev–Trinajstić information content (AvgIpc) is 2.80. The zero-order valence-electron chi connectivity index (χ0n) is 12.2. The number of aromatic nitrogens is 2. The molecule has 1 saturated heterocycles. The number of alkyl halides is 1. The van der Waals surface area contributed by atoms with Crippen molar-refractivity contribution in [3.63, 3.8) is 0 Å². The Morgan fingerprint density at radius 1 is 1.17 bits per heavy atom. The van der Waals surface area contributed by atoms with Crippen LogP contribution in [0.2, 0.25) is 0 Å². The number of hydrogen-bond acceptors (Lipinski definition) is 3. The maximum atomic E-state index is 14.8. The summed E-state index contributed by atoms with van der Waals surface area (Å²) in [6, 6.07) is 1.47. The van der Waals surface area contributed by atoms with Crippen LogP contribution in [0.25, 0.3) is 0 Å². The summed E-state index contributed by atoms with van der Waals surface area (Å²) < 4.78 is 47.7. The van der Waals surface area contributed by atoms with Crippen LogP contribution < -0.4 is 5.73 Å². The Bertz CT molecular complexity index is 696. The van der Waals surface area contributed by atoms with Crippen LogP contribution in [0.1, 0.15) is 23.1 Å². The van der Waals surface area contributed by atoms with E-state index in [1.807, 2.05) is 4.90 Å². The summed E-state index contributed by atoms with van der Waals surface area (Å²) in [4.78, 5) is 1.93. The lowest BCUT2D eigenvalue weighted by molar-refractivity contribution is -0.0930. The Kier molecular flexibility index (Phi) is 3.47. The molecule has 0 bridgehead atoms. The average molecular weight is 326 g/mol. The topological polar surface area (TPSA) is 70.1 Å². The van der Waals surface area contributed by atoms with Crippen LogP contribution in [0.5, 0.6) is 0 Å². The summed E-state index contributed by atoms with van der Waals surface area (Å²) in [5.74, 6) is -1.24. The smallest absolute Gasteiger partial charge is 0.136 e. The van der Waals surface area contributed by atoms with E-state index in [2.05, 4.69) is 10.2 Å². The summed E-state index contributed by atoms with van der Waals surface area (Å²) in [5.41, 5.74) is 8.01.